The topological polar surface area (TPSA) is 92.4 Å². The summed E-state index contributed by atoms with van der Waals surface area (Å²) in [6, 6.07) is 5.70. The fraction of sp³-hybridized carbons (Fsp3) is 0.550. The second kappa shape index (κ2) is 9.23. The lowest BCUT2D eigenvalue weighted by Gasteiger charge is -2.36. The summed E-state index contributed by atoms with van der Waals surface area (Å²) in [4.78, 5) is 16.7. The molecule has 1 aromatic heterocycles. The molecule has 2 aromatic rings. The third kappa shape index (κ3) is 5.53. The van der Waals surface area contributed by atoms with Crippen LogP contribution in [0.2, 0.25) is 0 Å². The molecular formula is C20H26F3N7O. The average Bonchev–Trinajstić information content (AvgIpc) is 3.26. The number of nitrogens with one attached hydrogen (secondary N) is 1. The van der Waals surface area contributed by atoms with Crippen molar-refractivity contribution in [3.05, 3.63) is 35.7 Å². The van der Waals surface area contributed by atoms with Crippen LogP contribution >= 0.6 is 0 Å². The fourth-order valence-electron chi connectivity index (χ4n) is 3.93. The molecule has 0 bridgehead atoms. The molecule has 2 fully saturated rings. The number of nitrogens with zero attached hydrogens (tertiary/aromatic N) is 5. The Morgan fingerprint density at radius 1 is 1.10 bits per heavy atom. The number of benzene rings is 1. The number of halogens is 3. The molecule has 11 heteroatoms. The van der Waals surface area contributed by atoms with Gasteiger partial charge in [0.05, 0.1) is 18.2 Å². The molecule has 1 unspecified atom stereocenters. The van der Waals surface area contributed by atoms with Crippen molar-refractivity contribution in [2.45, 2.75) is 31.7 Å². The Hall–Kier alpha value is -2.66. The minimum Gasteiger partial charge on any atom is -0.376 e. The van der Waals surface area contributed by atoms with Gasteiger partial charge in [0.1, 0.15) is 5.82 Å². The molecule has 0 amide bonds. The summed E-state index contributed by atoms with van der Waals surface area (Å²) in [6.07, 6.45) is -2.17. The van der Waals surface area contributed by atoms with Crippen LogP contribution in [0.3, 0.4) is 0 Å². The molecule has 2 aliphatic rings. The monoisotopic (exact) mass is 437 g/mol. The summed E-state index contributed by atoms with van der Waals surface area (Å²) in [5.74, 6) is 1.08. The van der Waals surface area contributed by atoms with Crippen molar-refractivity contribution in [2.24, 2.45) is 0 Å². The maximum atomic E-state index is 13.3. The second-order valence-corrected chi connectivity index (χ2v) is 7.73. The van der Waals surface area contributed by atoms with E-state index in [0.29, 0.717) is 51.0 Å². The molecule has 0 spiro atoms. The summed E-state index contributed by atoms with van der Waals surface area (Å²) >= 11 is 0. The first kappa shape index (κ1) is 21.6. The normalized spacial score (nSPS) is 20.2. The van der Waals surface area contributed by atoms with E-state index >= 15 is 0 Å². The lowest BCUT2D eigenvalue weighted by molar-refractivity contribution is -0.137. The predicted octanol–water partition coefficient (Wildman–Crippen LogP) is 2.39. The van der Waals surface area contributed by atoms with Crippen molar-refractivity contribution >= 4 is 17.6 Å². The summed E-state index contributed by atoms with van der Waals surface area (Å²) in [5.41, 5.74) is 5.46. The number of piperazine rings is 1. The van der Waals surface area contributed by atoms with Crippen molar-refractivity contribution in [3.8, 4) is 0 Å². The standard InChI is InChI=1S/C20H26F3N7O/c21-20(22,23)15-5-1-2-6-16(15)30-9-7-29(8-10-30)13-17-26-18(24)28-19(27-17)25-12-14-4-3-11-31-14/h1-2,5-6,14H,3-4,7-13H2,(H3,24,25,26,27,28). The van der Waals surface area contributed by atoms with E-state index in [1.54, 1.807) is 11.0 Å². The van der Waals surface area contributed by atoms with Gasteiger partial charge in [-0.15, -0.1) is 0 Å². The highest BCUT2D eigenvalue weighted by Gasteiger charge is 2.35. The Bertz CT molecular complexity index is 881. The number of rotatable bonds is 6. The van der Waals surface area contributed by atoms with Crippen LogP contribution in [0.4, 0.5) is 30.8 Å². The minimum absolute atomic E-state index is 0.137. The Kier molecular flexibility index (Phi) is 6.42. The van der Waals surface area contributed by atoms with Crippen LogP contribution in [0.1, 0.15) is 24.2 Å². The molecule has 0 radical (unpaired) electrons. The summed E-state index contributed by atoms with van der Waals surface area (Å²) in [7, 11) is 0. The van der Waals surface area contributed by atoms with Gasteiger partial charge in [0, 0.05) is 45.0 Å². The Balaban J connectivity index is 1.35. The number of alkyl halides is 3. The number of para-hydroxylation sites is 1. The summed E-state index contributed by atoms with van der Waals surface area (Å²) in [5, 5.41) is 3.15. The van der Waals surface area contributed by atoms with Crippen LogP contribution in [0.15, 0.2) is 24.3 Å². The quantitative estimate of drug-likeness (QED) is 0.712. The molecule has 3 heterocycles. The highest BCUT2D eigenvalue weighted by Crippen LogP contribution is 2.36. The van der Waals surface area contributed by atoms with E-state index in [9.17, 15) is 13.2 Å². The Labute approximate surface area is 178 Å². The maximum Gasteiger partial charge on any atom is 0.418 e. The smallest absolute Gasteiger partial charge is 0.376 e. The minimum atomic E-state index is -4.37. The molecule has 168 valence electrons. The van der Waals surface area contributed by atoms with E-state index < -0.39 is 11.7 Å². The highest BCUT2D eigenvalue weighted by molar-refractivity contribution is 5.55. The van der Waals surface area contributed by atoms with Crippen LogP contribution < -0.4 is 16.0 Å². The third-order valence-corrected chi connectivity index (χ3v) is 5.50. The van der Waals surface area contributed by atoms with Gasteiger partial charge in [-0.25, -0.2) is 0 Å². The highest BCUT2D eigenvalue weighted by atomic mass is 19.4. The molecule has 2 aliphatic heterocycles. The van der Waals surface area contributed by atoms with Crippen molar-refractivity contribution < 1.29 is 17.9 Å². The molecule has 8 nitrogen and oxygen atoms in total. The van der Waals surface area contributed by atoms with Crippen molar-refractivity contribution in [3.63, 3.8) is 0 Å². The first-order chi connectivity index (χ1) is 14.9. The molecule has 4 rings (SSSR count). The van der Waals surface area contributed by atoms with Gasteiger partial charge < -0.3 is 20.7 Å². The number of hydrogen-bond acceptors (Lipinski definition) is 8. The van der Waals surface area contributed by atoms with Crippen molar-refractivity contribution in [1.29, 1.82) is 0 Å². The van der Waals surface area contributed by atoms with Gasteiger partial charge in [-0.2, -0.15) is 28.1 Å². The zero-order chi connectivity index (χ0) is 21.8. The van der Waals surface area contributed by atoms with Gasteiger partial charge in [-0.1, -0.05) is 12.1 Å². The predicted molar refractivity (Wildman–Crippen MR) is 111 cm³/mol. The molecule has 31 heavy (non-hydrogen) atoms. The molecular weight excluding hydrogens is 411 g/mol. The first-order valence-corrected chi connectivity index (χ1v) is 10.4. The van der Waals surface area contributed by atoms with E-state index in [2.05, 4.69) is 25.2 Å². The van der Waals surface area contributed by atoms with Gasteiger partial charge in [0.25, 0.3) is 0 Å². The lowest BCUT2D eigenvalue weighted by Crippen LogP contribution is -2.46. The van der Waals surface area contributed by atoms with E-state index in [0.717, 1.165) is 25.5 Å². The van der Waals surface area contributed by atoms with E-state index in [4.69, 9.17) is 10.5 Å². The zero-order valence-corrected chi connectivity index (χ0v) is 17.1. The van der Waals surface area contributed by atoms with Crippen LogP contribution in [0.25, 0.3) is 0 Å². The maximum absolute atomic E-state index is 13.3. The van der Waals surface area contributed by atoms with Gasteiger partial charge in [-0.05, 0) is 25.0 Å². The molecule has 3 N–H and O–H groups in total. The van der Waals surface area contributed by atoms with Crippen LogP contribution in [0.5, 0.6) is 0 Å². The molecule has 1 atom stereocenters. The number of anilines is 3. The molecule has 2 saturated heterocycles. The average molecular weight is 437 g/mol. The van der Waals surface area contributed by atoms with Crippen molar-refractivity contribution in [1.82, 2.24) is 19.9 Å². The summed E-state index contributed by atoms with van der Waals surface area (Å²) < 4.78 is 45.5. The Morgan fingerprint density at radius 2 is 1.87 bits per heavy atom. The van der Waals surface area contributed by atoms with Crippen LogP contribution in [-0.2, 0) is 17.5 Å². The lowest BCUT2D eigenvalue weighted by atomic mass is 10.1. The van der Waals surface area contributed by atoms with Crippen LogP contribution in [0, 0.1) is 0 Å². The van der Waals surface area contributed by atoms with Crippen molar-refractivity contribution in [2.75, 3.05) is 55.3 Å². The van der Waals surface area contributed by atoms with Crippen LogP contribution in [-0.4, -0.2) is 65.3 Å². The third-order valence-electron chi connectivity index (χ3n) is 5.50. The Morgan fingerprint density at radius 3 is 2.58 bits per heavy atom. The van der Waals surface area contributed by atoms with Gasteiger partial charge in [0.15, 0.2) is 0 Å². The van der Waals surface area contributed by atoms with E-state index in [-0.39, 0.29) is 17.7 Å². The van der Waals surface area contributed by atoms with E-state index in [1.807, 2.05) is 0 Å². The number of nitrogen functional groups attached to an aromatic ring is 1. The number of ether oxygens (including phenoxy) is 1. The van der Waals surface area contributed by atoms with Gasteiger partial charge in [-0.3, -0.25) is 4.90 Å². The summed E-state index contributed by atoms with van der Waals surface area (Å²) in [6.45, 7) is 4.00. The molecule has 0 aliphatic carbocycles. The van der Waals surface area contributed by atoms with E-state index in [1.165, 1.54) is 12.1 Å². The molecule has 0 saturated carbocycles. The SMILES string of the molecule is Nc1nc(CN2CCN(c3ccccc3C(F)(F)F)CC2)nc(NCC2CCCO2)n1. The largest absolute Gasteiger partial charge is 0.418 e. The first-order valence-electron chi connectivity index (χ1n) is 10.4. The number of hydrogen-bond donors (Lipinski definition) is 2. The number of aromatic nitrogens is 3. The number of nitrogens with two attached hydrogens (primary N) is 1. The zero-order valence-electron chi connectivity index (χ0n) is 17.1. The van der Waals surface area contributed by atoms with Gasteiger partial charge in [0.2, 0.25) is 11.9 Å². The molecule has 1 aromatic carbocycles. The second-order valence-electron chi connectivity index (χ2n) is 7.73. The fourth-order valence-corrected chi connectivity index (χ4v) is 3.93. The van der Waals surface area contributed by atoms with Gasteiger partial charge >= 0.3 is 6.18 Å².